The Kier molecular flexibility index (Phi) is 6.93. The number of aliphatic hydroxyl groups excluding tert-OH is 1. The van der Waals surface area contributed by atoms with E-state index in [2.05, 4.69) is 0 Å². The second-order valence-electron chi connectivity index (χ2n) is 6.37. The molecule has 0 fully saturated rings. The molecule has 2 atom stereocenters. The van der Waals surface area contributed by atoms with Crippen LogP contribution < -0.4 is 5.73 Å². The highest BCUT2D eigenvalue weighted by Crippen LogP contribution is 2.38. The summed E-state index contributed by atoms with van der Waals surface area (Å²) in [6, 6.07) is 7.30. The van der Waals surface area contributed by atoms with E-state index < -0.39 is 42.5 Å². The number of hydrogen-bond acceptors (Lipinski definition) is 4. The lowest BCUT2D eigenvalue weighted by atomic mass is 9.79. The van der Waals surface area contributed by atoms with E-state index in [-0.39, 0.29) is 12.5 Å². The third-order valence-corrected chi connectivity index (χ3v) is 3.90. The van der Waals surface area contributed by atoms with Gasteiger partial charge in [0, 0.05) is 13.0 Å². The molecular formula is C17H24N2O6. The summed E-state index contributed by atoms with van der Waals surface area (Å²) in [6.45, 7) is 3.75. The summed E-state index contributed by atoms with van der Waals surface area (Å²) < 4.78 is 0. The lowest BCUT2D eigenvalue weighted by Gasteiger charge is -2.44. The normalized spacial score (nSPS) is 14.6. The molecule has 2 amide bonds. The van der Waals surface area contributed by atoms with E-state index in [9.17, 15) is 24.6 Å². The number of amides is 2. The smallest absolute Gasteiger partial charge is 0.332 e. The third kappa shape index (κ3) is 5.18. The summed E-state index contributed by atoms with van der Waals surface area (Å²) in [6.07, 6.45) is -2.93. The molecule has 25 heavy (non-hydrogen) atoms. The Bertz CT molecular complexity index is 619. The first-order valence-electron chi connectivity index (χ1n) is 7.85. The number of benzene rings is 1. The predicted octanol–water partition coefficient (Wildman–Crippen LogP) is 1.23. The highest BCUT2D eigenvalue weighted by atomic mass is 16.4. The fourth-order valence-electron chi connectivity index (χ4n) is 2.90. The molecule has 1 rings (SSSR count). The number of primary amides is 1. The second kappa shape index (κ2) is 8.48. The number of hydrogen-bond donors (Lipinski definition) is 4. The molecule has 0 aliphatic heterocycles. The topological polar surface area (TPSA) is 141 Å². The van der Waals surface area contributed by atoms with E-state index in [4.69, 9.17) is 10.8 Å². The van der Waals surface area contributed by atoms with E-state index in [1.165, 1.54) is 0 Å². The molecule has 8 heteroatoms. The number of carbonyl (C=O) groups is 3. The third-order valence-electron chi connectivity index (χ3n) is 3.90. The molecule has 0 saturated heterocycles. The van der Waals surface area contributed by atoms with Crippen LogP contribution in [0.4, 0.5) is 4.79 Å². The van der Waals surface area contributed by atoms with Crippen LogP contribution in [-0.2, 0) is 15.1 Å². The monoisotopic (exact) mass is 352 g/mol. The molecule has 5 N–H and O–H groups in total. The molecule has 138 valence electrons. The molecule has 0 spiro atoms. The number of aliphatic hydroxyl groups is 1. The number of carboxylic acids is 2. The van der Waals surface area contributed by atoms with Gasteiger partial charge in [-0.05, 0) is 11.5 Å². The van der Waals surface area contributed by atoms with Crippen LogP contribution >= 0.6 is 0 Å². The number of nitrogens with zero attached hydrogens (tertiary/aromatic N) is 1. The molecule has 0 aliphatic carbocycles. The van der Waals surface area contributed by atoms with Gasteiger partial charge in [-0.25, -0.2) is 9.59 Å². The maximum absolute atomic E-state index is 12.1. The van der Waals surface area contributed by atoms with Crippen molar-refractivity contribution in [2.75, 3.05) is 6.54 Å². The van der Waals surface area contributed by atoms with Crippen molar-refractivity contribution >= 4 is 18.0 Å². The van der Waals surface area contributed by atoms with Crippen molar-refractivity contribution in [3.05, 3.63) is 35.9 Å². The minimum atomic E-state index is -1.85. The number of carboxylic acid groups (broad SMARTS) is 2. The van der Waals surface area contributed by atoms with E-state index in [1.54, 1.807) is 30.3 Å². The molecule has 8 nitrogen and oxygen atoms in total. The van der Waals surface area contributed by atoms with Crippen molar-refractivity contribution in [2.45, 2.75) is 38.3 Å². The zero-order chi connectivity index (χ0) is 19.2. The molecule has 0 radical (unpaired) electrons. The Hall–Kier alpha value is -2.61. The van der Waals surface area contributed by atoms with Crippen molar-refractivity contribution in [3.8, 4) is 0 Å². The van der Waals surface area contributed by atoms with Gasteiger partial charge in [0.15, 0.2) is 6.10 Å². The van der Waals surface area contributed by atoms with Crippen LogP contribution in [0.25, 0.3) is 0 Å². The highest BCUT2D eigenvalue weighted by Gasteiger charge is 2.45. The lowest BCUT2D eigenvalue weighted by Crippen LogP contribution is -2.56. The van der Waals surface area contributed by atoms with Gasteiger partial charge in [-0.3, -0.25) is 4.79 Å². The van der Waals surface area contributed by atoms with Crippen molar-refractivity contribution < 1.29 is 29.7 Å². The summed E-state index contributed by atoms with van der Waals surface area (Å²) in [5.41, 5.74) is 4.32. The molecule has 0 aliphatic rings. The first-order valence-corrected chi connectivity index (χ1v) is 7.85. The van der Waals surface area contributed by atoms with E-state index >= 15 is 0 Å². The Labute approximate surface area is 145 Å². The fraction of sp³-hybridized carbons (Fsp3) is 0.471. The van der Waals surface area contributed by atoms with E-state index in [1.807, 2.05) is 13.8 Å². The van der Waals surface area contributed by atoms with Crippen molar-refractivity contribution in [1.29, 1.82) is 0 Å². The van der Waals surface area contributed by atoms with Gasteiger partial charge in [0.25, 0.3) is 0 Å². The average molecular weight is 352 g/mol. The fourth-order valence-corrected chi connectivity index (χ4v) is 2.90. The summed E-state index contributed by atoms with van der Waals surface area (Å²) in [5, 5.41) is 28.4. The predicted molar refractivity (Wildman–Crippen MR) is 89.8 cm³/mol. The summed E-state index contributed by atoms with van der Waals surface area (Å²) in [7, 11) is 0. The summed E-state index contributed by atoms with van der Waals surface area (Å²) in [5.74, 6) is -2.79. The van der Waals surface area contributed by atoms with Crippen LogP contribution in [0.5, 0.6) is 0 Å². The van der Waals surface area contributed by atoms with Crippen LogP contribution in [0.1, 0.15) is 32.3 Å². The molecule has 1 aromatic carbocycles. The van der Waals surface area contributed by atoms with Crippen LogP contribution in [-0.4, -0.2) is 50.8 Å². The molecular weight excluding hydrogens is 328 g/mol. The zero-order valence-electron chi connectivity index (χ0n) is 14.3. The first-order chi connectivity index (χ1) is 11.6. The van der Waals surface area contributed by atoms with Gasteiger partial charge < -0.3 is 26.0 Å². The number of rotatable bonds is 9. The Morgan fingerprint density at radius 1 is 1.16 bits per heavy atom. The van der Waals surface area contributed by atoms with Crippen LogP contribution in [0, 0.1) is 5.92 Å². The molecule has 0 heterocycles. The van der Waals surface area contributed by atoms with Gasteiger partial charge in [0.2, 0.25) is 0 Å². The Balaban J connectivity index is 3.59. The van der Waals surface area contributed by atoms with Crippen LogP contribution in [0.2, 0.25) is 0 Å². The Morgan fingerprint density at radius 2 is 1.72 bits per heavy atom. The van der Waals surface area contributed by atoms with Crippen molar-refractivity contribution in [2.24, 2.45) is 11.7 Å². The maximum atomic E-state index is 12.1. The van der Waals surface area contributed by atoms with Gasteiger partial charge in [0.05, 0.1) is 12.0 Å². The molecule has 2 unspecified atom stereocenters. The quantitative estimate of drug-likeness (QED) is 0.527. The standard InChI is InChI=1S/C17H24N2O6/c1-11(2)10-19(16(18)25)17(9-14(21)22,8-13(20)15(23)24)12-6-4-3-5-7-12/h3-7,11,13,20H,8-10H2,1-2H3,(H2,18,25)(H,21,22)(H,23,24). The minimum absolute atomic E-state index is 0.0497. The first kappa shape index (κ1) is 20.4. The van der Waals surface area contributed by atoms with E-state index in [0.717, 1.165) is 4.90 Å². The van der Waals surface area contributed by atoms with Crippen LogP contribution in [0.15, 0.2) is 30.3 Å². The minimum Gasteiger partial charge on any atom is -0.481 e. The molecule has 1 aromatic rings. The number of urea groups is 1. The average Bonchev–Trinajstić information content (AvgIpc) is 2.51. The largest absolute Gasteiger partial charge is 0.481 e. The second-order valence-corrected chi connectivity index (χ2v) is 6.37. The van der Waals surface area contributed by atoms with Gasteiger partial charge in [-0.15, -0.1) is 0 Å². The molecule has 0 aromatic heterocycles. The van der Waals surface area contributed by atoms with E-state index in [0.29, 0.717) is 5.56 Å². The highest BCUT2D eigenvalue weighted by molar-refractivity contribution is 5.77. The number of carbonyl (C=O) groups excluding carboxylic acids is 1. The van der Waals surface area contributed by atoms with Crippen molar-refractivity contribution in [1.82, 2.24) is 4.90 Å². The number of nitrogens with two attached hydrogens (primary N) is 1. The number of aliphatic carboxylic acids is 2. The van der Waals surface area contributed by atoms with Crippen LogP contribution in [0.3, 0.4) is 0 Å². The molecule has 0 saturated carbocycles. The lowest BCUT2D eigenvalue weighted by molar-refractivity contribution is -0.151. The zero-order valence-corrected chi connectivity index (χ0v) is 14.3. The van der Waals surface area contributed by atoms with Crippen molar-refractivity contribution in [3.63, 3.8) is 0 Å². The Morgan fingerprint density at radius 3 is 2.12 bits per heavy atom. The summed E-state index contributed by atoms with van der Waals surface area (Å²) in [4.78, 5) is 36.0. The maximum Gasteiger partial charge on any atom is 0.332 e. The summed E-state index contributed by atoms with van der Waals surface area (Å²) >= 11 is 0. The van der Waals surface area contributed by atoms with Gasteiger partial charge in [-0.1, -0.05) is 44.2 Å². The SMILES string of the molecule is CC(C)CN(C(N)=O)C(CC(=O)O)(CC(O)C(=O)O)c1ccccc1. The van der Waals surface area contributed by atoms with Gasteiger partial charge >= 0.3 is 18.0 Å². The van der Waals surface area contributed by atoms with Gasteiger partial charge in [0.1, 0.15) is 0 Å². The van der Waals surface area contributed by atoms with Gasteiger partial charge in [-0.2, -0.15) is 0 Å². The molecule has 0 bridgehead atoms.